The molecule has 1 aromatic rings. The lowest BCUT2D eigenvalue weighted by molar-refractivity contribution is -0.138. The zero-order valence-corrected chi connectivity index (χ0v) is 12.9. The molecule has 23 heavy (non-hydrogen) atoms. The molecule has 0 saturated carbocycles. The van der Waals surface area contributed by atoms with Crippen LogP contribution in [0.15, 0.2) is 24.3 Å². The van der Waals surface area contributed by atoms with Gasteiger partial charge in [-0.15, -0.1) is 0 Å². The summed E-state index contributed by atoms with van der Waals surface area (Å²) in [7, 11) is 0. The molecule has 2 aliphatic heterocycles. The van der Waals surface area contributed by atoms with Gasteiger partial charge in [0.25, 0.3) is 0 Å². The highest BCUT2D eigenvalue weighted by atomic mass is 19.4. The van der Waals surface area contributed by atoms with E-state index in [1.165, 1.54) is 12.1 Å². The fourth-order valence-electron chi connectivity index (χ4n) is 3.44. The van der Waals surface area contributed by atoms with Crippen LogP contribution in [0.1, 0.15) is 30.4 Å². The van der Waals surface area contributed by atoms with Gasteiger partial charge in [0, 0.05) is 31.5 Å². The number of carbonyl (C=O) groups excluding carboxylic acids is 1. The van der Waals surface area contributed by atoms with Crippen LogP contribution in [0.3, 0.4) is 0 Å². The lowest BCUT2D eigenvalue weighted by Gasteiger charge is -2.39. The second-order valence-electron chi connectivity index (χ2n) is 6.57. The van der Waals surface area contributed by atoms with Crippen LogP contribution in [-0.4, -0.2) is 37.1 Å². The van der Waals surface area contributed by atoms with Gasteiger partial charge in [-0.1, -0.05) is 18.2 Å². The number of halogens is 3. The molecular formula is C17H20F3NO2. The molecule has 3 nitrogen and oxygen atoms in total. The van der Waals surface area contributed by atoms with Crippen molar-refractivity contribution in [2.45, 2.75) is 31.9 Å². The van der Waals surface area contributed by atoms with Gasteiger partial charge in [0.1, 0.15) is 0 Å². The molecule has 2 aliphatic rings. The first-order valence-electron chi connectivity index (χ1n) is 7.90. The Morgan fingerprint density at radius 3 is 2.78 bits per heavy atom. The molecule has 2 saturated heterocycles. The van der Waals surface area contributed by atoms with Crippen LogP contribution < -0.4 is 0 Å². The van der Waals surface area contributed by atoms with Gasteiger partial charge in [0.05, 0.1) is 12.2 Å². The summed E-state index contributed by atoms with van der Waals surface area (Å²) in [6, 6.07) is 5.34. The Bertz CT molecular complexity index is 579. The highest BCUT2D eigenvalue weighted by molar-refractivity contribution is 5.77. The third kappa shape index (κ3) is 3.68. The first-order chi connectivity index (χ1) is 10.9. The van der Waals surface area contributed by atoms with Gasteiger partial charge in [-0.3, -0.25) is 4.79 Å². The number of nitrogens with zero attached hydrogens (tertiary/aromatic N) is 1. The normalized spacial score (nSPS) is 25.3. The zero-order chi connectivity index (χ0) is 16.5. The topological polar surface area (TPSA) is 29.5 Å². The SMILES string of the molecule is O=C1CC[C@@]2(CCOC2)CN1CCc1cccc(C(F)(F)F)c1. The number of alkyl halides is 3. The Morgan fingerprint density at radius 1 is 1.26 bits per heavy atom. The molecule has 126 valence electrons. The molecule has 3 rings (SSSR count). The first kappa shape index (κ1) is 16.3. The number of ether oxygens (including phenoxy) is 1. The Labute approximate surface area is 133 Å². The van der Waals surface area contributed by atoms with Crippen LogP contribution in [0.4, 0.5) is 13.2 Å². The third-order valence-corrected chi connectivity index (χ3v) is 4.86. The molecule has 0 radical (unpaired) electrons. The van der Waals surface area contributed by atoms with Crippen LogP contribution in [0.5, 0.6) is 0 Å². The molecular weight excluding hydrogens is 307 g/mol. The van der Waals surface area contributed by atoms with Gasteiger partial charge >= 0.3 is 6.18 Å². The van der Waals surface area contributed by atoms with Crippen molar-refractivity contribution in [1.29, 1.82) is 0 Å². The van der Waals surface area contributed by atoms with E-state index < -0.39 is 11.7 Å². The number of amides is 1. The van der Waals surface area contributed by atoms with Gasteiger partial charge in [-0.05, 0) is 30.9 Å². The quantitative estimate of drug-likeness (QED) is 0.853. The summed E-state index contributed by atoms with van der Waals surface area (Å²) in [5.41, 5.74) is 0.0254. The second kappa shape index (κ2) is 6.15. The van der Waals surface area contributed by atoms with E-state index in [2.05, 4.69) is 0 Å². The minimum atomic E-state index is -4.33. The third-order valence-electron chi connectivity index (χ3n) is 4.86. The average molecular weight is 327 g/mol. The van der Waals surface area contributed by atoms with Crippen molar-refractivity contribution < 1.29 is 22.7 Å². The molecule has 0 N–H and O–H groups in total. The van der Waals surface area contributed by atoms with Crippen molar-refractivity contribution >= 4 is 5.91 Å². The maximum absolute atomic E-state index is 12.7. The molecule has 0 unspecified atom stereocenters. The van der Waals surface area contributed by atoms with Crippen molar-refractivity contribution in [2.75, 3.05) is 26.3 Å². The van der Waals surface area contributed by atoms with Gasteiger partial charge in [0.15, 0.2) is 0 Å². The molecule has 0 aliphatic carbocycles. The molecule has 2 fully saturated rings. The summed E-state index contributed by atoms with van der Waals surface area (Å²) in [6.45, 7) is 2.53. The summed E-state index contributed by atoms with van der Waals surface area (Å²) in [5, 5.41) is 0. The molecule has 0 bridgehead atoms. The summed E-state index contributed by atoms with van der Waals surface area (Å²) in [6.07, 6.45) is -1.58. The number of likely N-dealkylation sites (tertiary alicyclic amines) is 1. The Morgan fingerprint density at radius 2 is 2.09 bits per heavy atom. The summed E-state index contributed by atoms with van der Waals surface area (Å²) in [4.78, 5) is 13.9. The number of rotatable bonds is 3. The van der Waals surface area contributed by atoms with E-state index in [0.29, 0.717) is 38.1 Å². The van der Waals surface area contributed by atoms with Gasteiger partial charge < -0.3 is 9.64 Å². The lowest BCUT2D eigenvalue weighted by Crippen LogP contribution is -2.47. The highest BCUT2D eigenvalue weighted by Gasteiger charge is 2.41. The summed E-state index contributed by atoms with van der Waals surface area (Å²) in [5.74, 6) is 0.0921. The largest absolute Gasteiger partial charge is 0.416 e. The van der Waals surface area contributed by atoms with E-state index in [-0.39, 0.29) is 11.3 Å². The van der Waals surface area contributed by atoms with Crippen molar-refractivity contribution in [2.24, 2.45) is 5.41 Å². The smallest absolute Gasteiger partial charge is 0.381 e. The van der Waals surface area contributed by atoms with Crippen LogP contribution in [-0.2, 0) is 22.1 Å². The van der Waals surface area contributed by atoms with E-state index in [1.807, 2.05) is 0 Å². The predicted octanol–water partition coefficient (Wildman–Crippen LogP) is 3.28. The number of hydrogen-bond acceptors (Lipinski definition) is 2. The predicted molar refractivity (Wildman–Crippen MR) is 78.8 cm³/mol. The van der Waals surface area contributed by atoms with Crippen LogP contribution >= 0.6 is 0 Å². The molecule has 0 aromatic heterocycles. The van der Waals surface area contributed by atoms with E-state index in [0.717, 1.165) is 25.5 Å². The summed E-state index contributed by atoms with van der Waals surface area (Å²) < 4.78 is 43.7. The monoisotopic (exact) mass is 327 g/mol. The van der Waals surface area contributed by atoms with Crippen LogP contribution in [0.25, 0.3) is 0 Å². The number of benzene rings is 1. The van der Waals surface area contributed by atoms with E-state index >= 15 is 0 Å². The van der Waals surface area contributed by atoms with Crippen molar-refractivity contribution in [1.82, 2.24) is 4.90 Å². The molecule has 6 heteroatoms. The molecule has 1 spiro atoms. The number of carbonyl (C=O) groups is 1. The summed E-state index contributed by atoms with van der Waals surface area (Å²) >= 11 is 0. The second-order valence-corrected chi connectivity index (χ2v) is 6.57. The Hall–Kier alpha value is -1.56. The van der Waals surface area contributed by atoms with Crippen LogP contribution in [0.2, 0.25) is 0 Å². The van der Waals surface area contributed by atoms with Crippen molar-refractivity contribution in [3.05, 3.63) is 35.4 Å². The highest BCUT2D eigenvalue weighted by Crippen LogP contribution is 2.38. The molecule has 2 heterocycles. The maximum atomic E-state index is 12.7. The van der Waals surface area contributed by atoms with Crippen LogP contribution in [0, 0.1) is 5.41 Å². The lowest BCUT2D eigenvalue weighted by atomic mass is 9.79. The molecule has 1 amide bonds. The fourth-order valence-corrected chi connectivity index (χ4v) is 3.44. The zero-order valence-electron chi connectivity index (χ0n) is 12.9. The minimum Gasteiger partial charge on any atom is -0.381 e. The van der Waals surface area contributed by atoms with Gasteiger partial charge in [-0.25, -0.2) is 0 Å². The van der Waals surface area contributed by atoms with Crippen molar-refractivity contribution in [3.8, 4) is 0 Å². The number of hydrogen-bond donors (Lipinski definition) is 0. The standard InChI is InChI=1S/C17H20F3NO2/c18-17(19,20)14-3-1-2-13(10-14)5-8-21-11-16(6-4-15(21)22)7-9-23-12-16/h1-3,10H,4-9,11-12H2/t16-/m1/s1. The van der Waals surface area contributed by atoms with Gasteiger partial charge in [0.2, 0.25) is 5.91 Å². The average Bonchev–Trinajstić information content (AvgIpc) is 2.96. The van der Waals surface area contributed by atoms with E-state index in [9.17, 15) is 18.0 Å². The minimum absolute atomic E-state index is 0.0573. The fraction of sp³-hybridized carbons (Fsp3) is 0.588. The first-order valence-corrected chi connectivity index (χ1v) is 7.90. The van der Waals surface area contributed by atoms with Gasteiger partial charge in [-0.2, -0.15) is 13.2 Å². The van der Waals surface area contributed by atoms with Crippen molar-refractivity contribution in [3.63, 3.8) is 0 Å². The van der Waals surface area contributed by atoms with E-state index in [1.54, 1.807) is 11.0 Å². The molecule has 1 atom stereocenters. The Kier molecular flexibility index (Phi) is 4.36. The molecule has 1 aromatic carbocycles. The van der Waals surface area contributed by atoms with E-state index in [4.69, 9.17) is 4.74 Å². The Balaban J connectivity index is 1.64. The number of piperidine rings is 1. The maximum Gasteiger partial charge on any atom is 0.416 e.